The predicted molar refractivity (Wildman–Crippen MR) is 120 cm³/mol. The Labute approximate surface area is 190 Å². The normalized spacial score (nSPS) is 15.6. The summed E-state index contributed by atoms with van der Waals surface area (Å²) in [6.07, 6.45) is -3.08. The molecule has 0 saturated carbocycles. The molecule has 0 amide bonds. The minimum atomic E-state index is -4.45. The molecule has 3 heterocycles. The summed E-state index contributed by atoms with van der Waals surface area (Å²) in [5, 5.41) is 0.466. The fourth-order valence-electron chi connectivity index (χ4n) is 3.27. The third-order valence-corrected chi connectivity index (χ3v) is 7.47. The maximum atomic E-state index is 13.3. The van der Waals surface area contributed by atoms with Crippen LogP contribution in [-0.4, -0.2) is 55.4 Å². The molecule has 6 nitrogen and oxygen atoms in total. The van der Waals surface area contributed by atoms with Crippen molar-refractivity contribution >= 4 is 43.0 Å². The molecule has 1 aliphatic heterocycles. The molecule has 0 N–H and O–H groups in total. The summed E-state index contributed by atoms with van der Waals surface area (Å²) in [5.41, 5.74) is -0.730. The van der Waals surface area contributed by atoms with Crippen LogP contribution in [0.4, 0.5) is 24.9 Å². The Kier molecular flexibility index (Phi) is 7.45. The van der Waals surface area contributed by atoms with Crippen LogP contribution in [0.3, 0.4) is 0 Å². The zero-order valence-corrected chi connectivity index (χ0v) is 20.2. The molecule has 2 aromatic heterocycles. The van der Waals surface area contributed by atoms with Crippen molar-refractivity contribution in [1.82, 2.24) is 14.5 Å². The summed E-state index contributed by atoms with van der Waals surface area (Å²) < 4.78 is 47.5. The van der Waals surface area contributed by atoms with E-state index in [4.69, 9.17) is 27.9 Å². The van der Waals surface area contributed by atoms with Gasteiger partial charge in [-0.25, -0.2) is 4.98 Å². The number of nitrogens with zero attached hydrogens (tertiary/aromatic N) is 5. The molecule has 0 aliphatic carbocycles. The first-order valence-electron chi connectivity index (χ1n) is 9.99. The van der Waals surface area contributed by atoms with Crippen LogP contribution < -0.4 is 9.80 Å². The quantitative estimate of drug-likeness (QED) is 0.388. The molecule has 0 radical (unpaired) electrons. The number of piperazine rings is 1. The molecule has 3 rings (SSSR count). The average Bonchev–Trinajstić information content (AvgIpc) is 2.98. The molecule has 2 aromatic rings. The lowest BCUT2D eigenvalue weighted by Crippen LogP contribution is -2.48. The second kappa shape index (κ2) is 9.56. The van der Waals surface area contributed by atoms with E-state index < -0.39 is 19.8 Å². The zero-order chi connectivity index (χ0) is 22.8. The maximum absolute atomic E-state index is 13.3. The average molecular weight is 496 g/mol. The standard InChI is InChI=1S/C19H26Cl2F3N5OSi/c1-31(2,3)12-11-30-13-29-16(21)15(20)26-18(29)28-9-7-27(8-10-28)17-14(19(22,23)24)5-4-6-25-17/h4-6H,7-13H2,1-3H3. The molecule has 1 saturated heterocycles. The number of hydrogen-bond acceptors (Lipinski definition) is 5. The first-order chi connectivity index (χ1) is 14.5. The van der Waals surface area contributed by atoms with Gasteiger partial charge in [-0.3, -0.25) is 4.57 Å². The third-order valence-electron chi connectivity index (χ3n) is 5.02. The lowest BCUT2D eigenvalue weighted by Gasteiger charge is -2.36. The number of pyridine rings is 1. The summed E-state index contributed by atoms with van der Waals surface area (Å²) in [6.45, 7) is 9.28. The van der Waals surface area contributed by atoms with Crippen molar-refractivity contribution in [3.63, 3.8) is 0 Å². The molecule has 0 aromatic carbocycles. The van der Waals surface area contributed by atoms with E-state index in [0.29, 0.717) is 38.7 Å². The van der Waals surface area contributed by atoms with Crippen molar-refractivity contribution in [2.24, 2.45) is 0 Å². The van der Waals surface area contributed by atoms with Crippen molar-refractivity contribution < 1.29 is 17.9 Å². The van der Waals surface area contributed by atoms with Crippen molar-refractivity contribution in [3.05, 3.63) is 34.2 Å². The van der Waals surface area contributed by atoms with Crippen LogP contribution in [0.1, 0.15) is 5.56 Å². The lowest BCUT2D eigenvalue weighted by atomic mass is 10.2. The number of rotatable bonds is 7. The molecule has 0 bridgehead atoms. The minimum Gasteiger partial charge on any atom is -0.361 e. The van der Waals surface area contributed by atoms with Gasteiger partial charge in [0.05, 0.1) is 5.56 Å². The highest BCUT2D eigenvalue weighted by Crippen LogP contribution is 2.36. The summed E-state index contributed by atoms with van der Waals surface area (Å²) in [5.74, 6) is 0.503. The minimum absolute atomic E-state index is 0.0521. The van der Waals surface area contributed by atoms with E-state index in [-0.39, 0.29) is 22.9 Å². The Balaban J connectivity index is 1.68. The van der Waals surface area contributed by atoms with Crippen LogP contribution in [0.25, 0.3) is 0 Å². The van der Waals surface area contributed by atoms with Gasteiger partial charge in [0, 0.05) is 47.1 Å². The molecule has 12 heteroatoms. The molecular weight excluding hydrogens is 470 g/mol. The van der Waals surface area contributed by atoms with E-state index in [1.165, 1.54) is 12.3 Å². The summed E-state index contributed by atoms with van der Waals surface area (Å²) >= 11 is 12.5. The molecule has 1 fully saturated rings. The Morgan fingerprint density at radius 3 is 2.35 bits per heavy atom. The molecule has 0 spiro atoms. The molecule has 0 atom stereocenters. The highest BCUT2D eigenvalue weighted by atomic mass is 35.5. The van der Waals surface area contributed by atoms with Crippen LogP contribution in [0.5, 0.6) is 0 Å². The number of anilines is 2. The number of alkyl halides is 3. The van der Waals surface area contributed by atoms with Gasteiger partial charge in [0.25, 0.3) is 0 Å². The number of ether oxygens (including phenoxy) is 1. The molecule has 1 aliphatic rings. The van der Waals surface area contributed by atoms with Crippen LogP contribution >= 0.6 is 23.2 Å². The van der Waals surface area contributed by atoms with Gasteiger partial charge in [-0.2, -0.15) is 18.2 Å². The number of halogens is 5. The maximum Gasteiger partial charge on any atom is 0.419 e. The molecule has 172 valence electrons. The van der Waals surface area contributed by atoms with Gasteiger partial charge in [0.15, 0.2) is 10.3 Å². The highest BCUT2D eigenvalue weighted by molar-refractivity contribution is 6.76. The Morgan fingerprint density at radius 2 is 1.74 bits per heavy atom. The van der Waals surface area contributed by atoms with E-state index in [0.717, 1.165) is 12.1 Å². The fraction of sp³-hybridized carbons (Fsp3) is 0.579. The van der Waals surface area contributed by atoms with Gasteiger partial charge >= 0.3 is 6.18 Å². The van der Waals surface area contributed by atoms with Crippen molar-refractivity contribution in [2.45, 2.75) is 38.6 Å². The topological polar surface area (TPSA) is 46.4 Å². The second-order valence-electron chi connectivity index (χ2n) is 8.62. The third kappa shape index (κ3) is 6.06. The zero-order valence-electron chi connectivity index (χ0n) is 17.7. The van der Waals surface area contributed by atoms with Gasteiger partial charge in [-0.1, -0.05) is 42.8 Å². The van der Waals surface area contributed by atoms with Gasteiger partial charge in [-0.05, 0) is 18.2 Å². The van der Waals surface area contributed by atoms with E-state index >= 15 is 0 Å². The summed E-state index contributed by atoms with van der Waals surface area (Å²) in [6, 6.07) is 3.37. The lowest BCUT2D eigenvalue weighted by molar-refractivity contribution is -0.137. The summed E-state index contributed by atoms with van der Waals surface area (Å²) in [7, 11) is -1.22. The van der Waals surface area contributed by atoms with Gasteiger partial charge < -0.3 is 14.5 Å². The Hall–Kier alpha value is -1.49. The second-order valence-corrected chi connectivity index (χ2v) is 15.0. The highest BCUT2D eigenvalue weighted by Gasteiger charge is 2.36. The SMILES string of the molecule is C[Si](C)(C)CCOCn1c(N2CCN(c3ncccc3C(F)(F)F)CC2)nc(Cl)c1Cl. The van der Waals surface area contributed by atoms with Crippen molar-refractivity contribution in [2.75, 3.05) is 42.6 Å². The van der Waals surface area contributed by atoms with Gasteiger partial charge in [0.1, 0.15) is 12.5 Å². The monoisotopic (exact) mass is 495 g/mol. The predicted octanol–water partition coefficient (Wildman–Crippen LogP) is 5.24. The molecule has 0 unspecified atom stereocenters. The Bertz CT molecular complexity index is 896. The van der Waals surface area contributed by atoms with Crippen LogP contribution in [0.2, 0.25) is 36.0 Å². The number of hydrogen-bond donors (Lipinski definition) is 0. The van der Waals surface area contributed by atoms with E-state index in [9.17, 15) is 13.2 Å². The van der Waals surface area contributed by atoms with Crippen molar-refractivity contribution in [1.29, 1.82) is 0 Å². The van der Waals surface area contributed by atoms with Crippen LogP contribution in [0.15, 0.2) is 18.3 Å². The fourth-order valence-corrected chi connectivity index (χ4v) is 4.37. The van der Waals surface area contributed by atoms with Crippen molar-refractivity contribution in [3.8, 4) is 0 Å². The van der Waals surface area contributed by atoms with Crippen LogP contribution in [0, 0.1) is 0 Å². The first-order valence-corrected chi connectivity index (χ1v) is 14.4. The van der Waals surface area contributed by atoms with E-state index in [1.54, 1.807) is 9.47 Å². The number of imidazole rings is 1. The Morgan fingerprint density at radius 1 is 1.10 bits per heavy atom. The smallest absolute Gasteiger partial charge is 0.361 e. The largest absolute Gasteiger partial charge is 0.419 e. The van der Waals surface area contributed by atoms with Gasteiger partial charge in [0.2, 0.25) is 5.95 Å². The van der Waals surface area contributed by atoms with E-state index in [1.807, 2.05) is 4.90 Å². The van der Waals surface area contributed by atoms with E-state index in [2.05, 4.69) is 29.6 Å². The molecular formula is C19H26Cl2F3N5OSi. The molecule has 31 heavy (non-hydrogen) atoms. The van der Waals surface area contributed by atoms with Crippen LogP contribution in [-0.2, 0) is 17.6 Å². The van der Waals surface area contributed by atoms with Gasteiger partial charge in [-0.15, -0.1) is 0 Å². The number of aromatic nitrogens is 3. The summed E-state index contributed by atoms with van der Waals surface area (Å²) in [4.78, 5) is 11.9. The first kappa shape index (κ1) is 24.2.